The van der Waals surface area contributed by atoms with Crippen LogP contribution in [0.3, 0.4) is 0 Å². The van der Waals surface area contributed by atoms with Gasteiger partial charge in [-0.1, -0.05) is 25.5 Å². The standard InChI is InChI=1S/C19H25N3O/c1-2-3-7-22-11-13(19(20)23)8-15-14-5-4-6-16-18(14)12(10-21-16)9-17(15)22/h4-6,10,13,15,17,21H,2-3,7-9,11H2,1H3,(H2,20,23)/t13?,15-,17-/m1/s1. The fourth-order valence-corrected chi connectivity index (χ4v) is 4.62. The molecule has 0 bridgehead atoms. The second kappa shape index (κ2) is 5.68. The van der Waals surface area contributed by atoms with Crippen molar-refractivity contribution in [2.45, 2.75) is 44.6 Å². The zero-order valence-corrected chi connectivity index (χ0v) is 13.7. The second-order valence-electron chi connectivity index (χ2n) is 7.15. The number of hydrogen-bond acceptors (Lipinski definition) is 2. The number of nitrogens with two attached hydrogens (primary N) is 1. The van der Waals surface area contributed by atoms with E-state index in [0.717, 1.165) is 25.9 Å². The molecule has 2 heterocycles. The van der Waals surface area contributed by atoms with Gasteiger partial charge < -0.3 is 10.7 Å². The minimum Gasteiger partial charge on any atom is -0.369 e. The maximum Gasteiger partial charge on any atom is 0.221 e. The van der Waals surface area contributed by atoms with E-state index in [1.165, 1.54) is 34.9 Å². The van der Waals surface area contributed by atoms with Crippen molar-refractivity contribution < 1.29 is 4.79 Å². The molecule has 0 radical (unpaired) electrons. The number of amides is 1. The summed E-state index contributed by atoms with van der Waals surface area (Å²) in [6.45, 7) is 4.11. The van der Waals surface area contributed by atoms with Gasteiger partial charge >= 0.3 is 0 Å². The third-order valence-electron chi connectivity index (χ3n) is 5.78. The van der Waals surface area contributed by atoms with Gasteiger partial charge in [-0.3, -0.25) is 9.69 Å². The summed E-state index contributed by atoms with van der Waals surface area (Å²) >= 11 is 0. The van der Waals surface area contributed by atoms with Gasteiger partial charge in [0.25, 0.3) is 0 Å². The predicted molar refractivity (Wildman–Crippen MR) is 92.3 cm³/mol. The van der Waals surface area contributed by atoms with Gasteiger partial charge in [-0.05, 0) is 43.0 Å². The number of rotatable bonds is 4. The summed E-state index contributed by atoms with van der Waals surface area (Å²) in [6.07, 6.45) is 6.50. The van der Waals surface area contributed by atoms with Gasteiger partial charge in [0.2, 0.25) is 5.91 Å². The van der Waals surface area contributed by atoms with Crippen LogP contribution in [0.15, 0.2) is 24.4 Å². The van der Waals surface area contributed by atoms with E-state index in [4.69, 9.17) is 5.73 Å². The van der Waals surface area contributed by atoms with Crippen LogP contribution in [-0.2, 0) is 11.2 Å². The zero-order valence-electron chi connectivity index (χ0n) is 13.7. The number of fused-ring (bicyclic) bond motifs is 2. The molecular weight excluding hydrogens is 286 g/mol. The topological polar surface area (TPSA) is 62.1 Å². The van der Waals surface area contributed by atoms with E-state index in [2.05, 4.69) is 41.2 Å². The summed E-state index contributed by atoms with van der Waals surface area (Å²) in [7, 11) is 0. The maximum atomic E-state index is 11.9. The number of benzene rings is 1. The van der Waals surface area contributed by atoms with Crippen LogP contribution >= 0.6 is 0 Å². The molecule has 1 aliphatic carbocycles. The van der Waals surface area contributed by atoms with Crippen LogP contribution in [0.5, 0.6) is 0 Å². The molecule has 2 aliphatic rings. The maximum absolute atomic E-state index is 11.9. The number of aromatic nitrogens is 1. The first-order chi connectivity index (χ1) is 11.2. The summed E-state index contributed by atoms with van der Waals surface area (Å²) in [5, 5.41) is 1.38. The summed E-state index contributed by atoms with van der Waals surface area (Å²) < 4.78 is 0. The fourth-order valence-electron chi connectivity index (χ4n) is 4.62. The van der Waals surface area contributed by atoms with Crippen molar-refractivity contribution in [1.82, 2.24) is 9.88 Å². The molecule has 3 atom stereocenters. The van der Waals surface area contributed by atoms with Gasteiger partial charge in [0.1, 0.15) is 0 Å². The van der Waals surface area contributed by atoms with Crippen LogP contribution in [0.1, 0.15) is 43.2 Å². The van der Waals surface area contributed by atoms with Crippen LogP contribution in [-0.4, -0.2) is 34.9 Å². The molecule has 0 saturated carbocycles. The highest BCUT2D eigenvalue weighted by molar-refractivity contribution is 5.88. The lowest BCUT2D eigenvalue weighted by Crippen LogP contribution is -2.52. The Bertz CT molecular complexity index is 735. The molecule has 3 N–H and O–H groups in total. The lowest BCUT2D eigenvalue weighted by Gasteiger charge is -2.46. The van der Waals surface area contributed by atoms with Gasteiger partial charge in [-0.25, -0.2) is 0 Å². The van der Waals surface area contributed by atoms with E-state index in [9.17, 15) is 4.79 Å². The van der Waals surface area contributed by atoms with Crippen molar-refractivity contribution in [3.8, 4) is 0 Å². The van der Waals surface area contributed by atoms with E-state index < -0.39 is 0 Å². The number of carbonyl (C=O) groups excluding carboxylic acids is 1. The molecule has 4 heteroatoms. The number of nitrogens with one attached hydrogen (secondary N) is 1. The lowest BCUT2D eigenvalue weighted by atomic mass is 9.72. The number of nitrogens with zero attached hydrogens (tertiary/aromatic N) is 1. The average Bonchev–Trinajstić information content (AvgIpc) is 2.97. The molecule has 0 spiro atoms. The zero-order chi connectivity index (χ0) is 16.0. The van der Waals surface area contributed by atoms with Gasteiger partial charge in [-0.2, -0.15) is 0 Å². The van der Waals surface area contributed by atoms with Gasteiger partial charge in [0.05, 0.1) is 5.92 Å². The van der Waals surface area contributed by atoms with Crippen molar-refractivity contribution in [1.29, 1.82) is 0 Å². The molecule has 1 unspecified atom stereocenters. The molecule has 1 fully saturated rings. The number of unbranched alkanes of at least 4 members (excludes halogenated alkanes) is 1. The lowest BCUT2D eigenvalue weighted by molar-refractivity contribution is -0.124. The Balaban J connectivity index is 1.75. The van der Waals surface area contributed by atoms with Crippen molar-refractivity contribution >= 4 is 16.8 Å². The van der Waals surface area contributed by atoms with Gasteiger partial charge in [0, 0.05) is 35.6 Å². The quantitative estimate of drug-likeness (QED) is 0.912. The molecule has 2 aromatic rings. The Morgan fingerprint density at radius 1 is 1.43 bits per heavy atom. The number of carbonyl (C=O) groups is 1. The minimum absolute atomic E-state index is 0.0242. The van der Waals surface area contributed by atoms with Gasteiger partial charge in [0.15, 0.2) is 0 Å². The van der Waals surface area contributed by atoms with Gasteiger partial charge in [-0.15, -0.1) is 0 Å². The Morgan fingerprint density at radius 3 is 3.09 bits per heavy atom. The summed E-state index contributed by atoms with van der Waals surface area (Å²) in [4.78, 5) is 17.8. The highest BCUT2D eigenvalue weighted by Crippen LogP contribution is 2.44. The smallest absolute Gasteiger partial charge is 0.221 e. The Labute approximate surface area is 137 Å². The van der Waals surface area contributed by atoms with Crippen LogP contribution in [0.2, 0.25) is 0 Å². The van der Waals surface area contributed by atoms with E-state index in [-0.39, 0.29) is 11.8 Å². The largest absolute Gasteiger partial charge is 0.369 e. The first-order valence-electron chi connectivity index (χ1n) is 8.81. The molecule has 1 saturated heterocycles. The van der Waals surface area contributed by atoms with E-state index in [0.29, 0.717) is 12.0 Å². The average molecular weight is 311 g/mol. The van der Waals surface area contributed by atoms with Crippen LogP contribution in [0.4, 0.5) is 0 Å². The van der Waals surface area contributed by atoms with Crippen LogP contribution < -0.4 is 5.73 Å². The van der Waals surface area contributed by atoms with E-state index >= 15 is 0 Å². The third kappa shape index (κ3) is 2.36. The highest BCUT2D eigenvalue weighted by Gasteiger charge is 2.41. The molecule has 122 valence electrons. The number of piperidine rings is 1. The molecule has 1 aromatic carbocycles. The van der Waals surface area contributed by atoms with Crippen molar-refractivity contribution in [2.75, 3.05) is 13.1 Å². The van der Waals surface area contributed by atoms with E-state index in [1.807, 2.05) is 0 Å². The highest BCUT2D eigenvalue weighted by atomic mass is 16.1. The summed E-state index contributed by atoms with van der Waals surface area (Å²) in [5.41, 5.74) is 9.73. The summed E-state index contributed by atoms with van der Waals surface area (Å²) in [5.74, 6) is 0.256. The molecule has 1 amide bonds. The summed E-state index contributed by atoms with van der Waals surface area (Å²) in [6, 6.07) is 7.03. The number of aromatic amines is 1. The fraction of sp³-hybridized carbons (Fsp3) is 0.526. The van der Waals surface area contributed by atoms with Crippen molar-refractivity contribution in [3.05, 3.63) is 35.5 Å². The SMILES string of the molecule is CCCCN1CC(C(N)=O)C[C@@H]2c3cccc4[nH]cc(c34)C[C@H]21. The second-order valence-corrected chi connectivity index (χ2v) is 7.15. The van der Waals surface area contributed by atoms with Crippen molar-refractivity contribution in [2.24, 2.45) is 11.7 Å². The number of H-pyrrole nitrogens is 1. The molecule has 4 nitrogen and oxygen atoms in total. The third-order valence-corrected chi connectivity index (χ3v) is 5.78. The monoisotopic (exact) mass is 311 g/mol. The predicted octanol–water partition coefficient (Wildman–Crippen LogP) is 2.78. The van der Waals surface area contributed by atoms with Crippen LogP contribution in [0, 0.1) is 5.92 Å². The molecular formula is C19H25N3O. The normalized spacial score (nSPS) is 27.1. The Kier molecular flexibility index (Phi) is 3.64. The molecule has 1 aliphatic heterocycles. The first-order valence-corrected chi connectivity index (χ1v) is 8.81. The minimum atomic E-state index is -0.142. The Hall–Kier alpha value is -1.81. The molecule has 4 rings (SSSR count). The first kappa shape index (κ1) is 14.8. The molecule has 23 heavy (non-hydrogen) atoms. The molecule has 1 aromatic heterocycles. The number of likely N-dealkylation sites (tertiary alicyclic amines) is 1. The number of primary amides is 1. The number of hydrogen-bond donors (Lipinski definition) is 2. The van der Waals surface area contributed by atoms with E-state index in [1.54, 1.807) is 0 Å². The van der Waals surface area contributed by atoms with Crippen molar-refractivity contribution in [3.63, 3.8) is 0 Å². The Morgan fingerprint density at radius 2 is 2.30 bits per heavy atom. The van der Waals surface area contributed by atoms with Crippen LogP contribution in [0.25, 0.3) is 10.9 Å².